The molecule has 1 saturated carbocycles. The third-order valence-corrected chi connectivity index (χ3v) is 15.5. The molecule has 1 aliphatic heterocycles. The van der Waals surface area contributed by atoms with Crippen LogP contribution >= 0.6 is 35.0 Å². The number of aliphatic hydroxyl groups excluding tert-OH is 1. The van der Waals surface area contributed by atoms with E-state index in [2.05, 4.69) is 75.7 Å². The smallest absolute Gasteiger partial charge is 0.461 e. The number of hydrogen-bond donors (Lipinski definition) is 5. The number of fused-ring (bicyclic) bond motifs is 1. The molecule has 2 aromatic heterocycles. The monoisotopic (exact) mass is 1000 g/mol. The van der Waals surface area contributed by atoms with Crippen molar-refractivity contribution in [2.45, 2.75) is 124 Å². The van der Waals surface area contributed by atoms with Gasteiger partial charge in [-0.15, -0.1) is 0 Å². The third kappa shape index (κ3) is 17.7. The van der Waals surface area contributed by atoms with Gasteiger partial charge in [-0.3, -0.25) is 13.9 Å². The van der Waals surface area contributed by atoms with Crippen LogP contribution in [0.15, 0.2) is 36.7 Å². The van der Waals surface area contributed by atoms with Gasteiger partial charge in [0.05, 0.1) is 12.9 Å². The average Bonchev–Trinajstić information content (AvgIpc) is 3.80. The fraction of sp³-hybridized carbons (Fsp3) is 0.692. The van der Waals surface area contributed by atoms with Crippen molar-refractivity contribution >= 4 is 57.9 Å². The summed E-state index contributed by atoms with van der Waals surface area (Å²) >= 11 is 5.85. The van der Waals surface area contributed by atoms with Gasteiger partial charge in [0, 0.05) is 0 Å². The maximum absolute atomic E-state index is 15.2. The number of rotatable bonds is 21. The van der Waals surface area contributed by atoms with Crippen molar-refractivity contribution in [1.82, 2.24) is 34.4 Å². The molecule has 3 aromatic rings. The molecule has 0 bridgehead atoms. The highest BCUT2D eigenvalue weighted by atomic mass is 35.5. The van der Waals surface area contributed by atoms with E-state index in [0.717, 1.165) is 30.2 Å². The van der Waals surface area contributed by atoms with E-state index in [9.17, 15) is 33.4 Å². The number of nitrogens with two attached hydrogens (primary N) is 1. The topological polar surface area (TPSA) is 272 Å². The van der Waals surface area contributed by atoms with Crippen LogP contribution in [0, 0.1) is 5.92 Å². The maximum Gasteiger partial charge on any atom is 0.490 e. The fourth-order valence-electron chi connectivity index (χ4n) is 6.73. The molecule has 3 heterocycles. The number of benzene rings is 1. The summed E-state index contributed by atoms with van der Waals surface area (Å²) in [6, 6.07) is 5.83. The van der Waals surface area contributed by atoms with Crippen LogP contribution in [0.2, 0.25) is 5.28 Å². The summed E-state index contributed by atoms with van der Waals surface area (Å²) in [5.41, 5.74) is 5.79. The number of carbonyl (C=O) groups excluding carboxylic acids is 1. The quantitative estimate of drug-likeness (QED) is 0.0398. The van der Waals surface area contributed by atoms with Gasteiger partial charge in [0.25, 0.3) is 0 Å². The number of esters is 1. The number of nitrogen functional groups attached to an aromatic ring is 1. The number of ether oxygens (including phenoxy) is 2. The van der Waals surface area contributed by atoms with Gasteiger partial charge in [-0.25, -0.2) is 23.1 Å². The van der Waals surface area contributed by atoms with Crippen LogP contribution in [0.1, 0.15) is 93.7 Å². The zero-order valence-electron chi connectivity index (χ0n) is 38.3. The Morgan fingerprint density at radius 3 is 2.03 bits per heavy atom. The molecule has 1 aliphatic carbocycles. The molecule has 0 amide bonds. The molecule has 21 nitrogen and oxygen atoms in total. The zero-order chi connectivity index (χ0) is 48.5. The first-order valence-electron chi connectivity index (χ1n) is 21.8. The first-order valence-corrected chi connectivity index (χ1v) is 26.7. The van der Waals surface area contributed by atoms with Crippen molar-refractivity contribution in [2.24, 2.45) is 5.92 Å². The number of phosphoric acid groups is 2. The van der Waals surface area contributed by atoms with Crippen molar-refractivity contribution in [3.8, 4) is 5.75 Å². The summed E-state index contributed by atoms with van der Waals surface area (Å²) in [6.45, 7) is 22.4. The fourth-order valence-corrected chi connectivity index (χ4v) is 11.5. The van der Waals surface area contributed by atoms with Crippen LogP contribution in [-0.2, 0) is 41.1 Å². The Morgan fingerprint density at radius 1 is 0.938 bits per heavy atom. The predicted molar refractivity (Wildman–Crippen MR) is 244 cm³/mol. The number of anilines is 1. The lowest BCUT2D eigenvalue weighted by molar-refractivity contribution is -0.153. The summed E-state index contributed by atoms with van der Waals surface area (Å²) in [5, 5.41) is 12.5. The lowest BCUT2D eigenvalue weighted by atomic mass is 9.97. The molecule has 6 N–H and O–H groups in total. The van der Waals surface area contributed by atoms with E-state index in [1.165, 1.54) is 63.5 Å². The van der Waals surface area contributed by atoms with Gasteiger partial charge in [-0.05, 0) is 94.6 Å². The van der Waals surface area contributed by atoms with E-state index >= 15 is 4.39 Å². The molecule has 8 atom stereocenters. The summed E-state index contributed by atoms with van der Waals surface area (Å²) in [6.07, 6.45) is -2.68. The van der Waals surface area contributed by atoms with Gasteiger partial charge in [-0.2, -0.15) is 23.7 Å². The van der Waals surface area contributed by atoms with Crippen molar-refractivity contribution in [1.29, 1.82) is 0 Å². The molecule has 0 spiro atoms. The largest absolute Gasteiger partial charge is 0.490 e. The molecule has 65 heavy (non-hydrogen) atoms. The zero-order valence-corrected chi connectivity index (χ0v) is 41.7. The van der Waals surface area contributed by atoms with Crippen molar-refractivity contribution < 1.29 is 64.9 Å². The highest BCUT2D eigenvalue weighted by molar-refractivity contribution is 7.68. The lowest BCUT2D eigenvalue weighted by Gasteiger charge is -2.29. The van der Waals surface area contributed by atoms with Crippen LogP contribution in [0.4, 0.5) is 10.2 Å². The molecule has 0 radical (unpaired) electrons. The molecule has 5 rings (SSSR count). The van der Waals surface area contributed by atoms with Gasteiger partial charge >= 0.3 is 29.4 Å². The number of nitrogens with one attached hydrogen (secondary N) is 1. The second-order valence-electron chi connectivity index (χ2n) is 15.3. The Labute approximate surface area is 385 Å². The summed E-state index contributed by atoms with van der Waals surface area (Å²) in [4.78, 5) is 50.4. The number of nitrogens with zero attached hydrogens (tertiary/aromatic N) is 6. The molecular formula is C39H67ClFN8O13P3. The molecular weight excluding hydrogens is 936 g/mol. The normalized spacial score (nSPS) is 22.3. The van der Waals surface area contributed by atoms with E-state index in [0.29, 0.717) is 12.8 Å². The van der Waals surface area contributed by atoms with Crippen molar-refractivity contribution in [3.63, 3.8) is 0 Å². The number of hydrogen-bond acceptors (Lipinski definition) is 17. The lowest BCUT2D eigenvalue weighted by Crippen LogP contribution is -2.43. The second kappa shape index (κ2) is 26.8. The third-order valence-electron chi connectivity index (χ3n) is 10.5. The van der Waals surface area contributed by atoms with Gasteiger partial charge in [0.2, 0.25) is 5.28 Å². The Morgan fingerprint density at radius 2 is 1.51 bits per heavy atom. The highest BCUT2D eigenvalue weighted by Gasteiger charge is 2.49. The number of aromatic nitrogens is 4. The molecule has 3 unspecified atom stereocenters. The SMILES string of the molecule is CC(C)[C@H](NP(=O)(Oc1ccccc1)OP(=O)(O)OP(=O)(O)OC[C@H]1O[C@@H](n2cnc3c(N)nc(Cl)nc32)[C@@H](F)[C@@H]1O)C(=O)OC1CCCCC1.CCN(CC)CC.CCN(CC)CC. The molecule has 1 saturated heterocycles. The molecule has 26 heteroatoms. The number of aliphatic hydroxyl groups is 1. The Balaban J connectivity index is 0.000000693. The summed E-state index contributed by atoms with van der Waals surface area (Å²) in [7, 11) is -16.6. The number of imidazole rings is 1. The van der Waals surface area contributed by atoms with Crippen LogP contribution < -0.4 is 15.3 Å². The number of halogens is 2. The van der Waals surface area contributed by atoms with E-state index in [1.54, 1.807) is 19.9 Å². The van der Waals surface area contributed by atoms with E-state index in [-0.39, 0.29) is 34.1 Å². The maximum atomic E-state index is 15.2. The molecule has 1 aromatic carbocycles. The van der Waals surface area contributed by atoms with Crippen LogP contribution in [0.3, 0.4) is 0 Å². The van der Waals surface area contributed by atoms with Gasteiger partial charge in [-0.1, -0.05) is 80.0 Å². The molecule has 2 fully saturated rings. The first-order chi connectivity index (χ1) is 30.6. The minimum absolute atomic E-state index is 0.0406. The van der Waals surface area contributed by atoms with Crippen LogP contribution in [0.5, 0.6) is 5.75 Å². The molecule has 370 valence electrons. The van der Waals surface area contributed by atoms with Crippen molar-refractivity contribution in [3.05, 3.63) is 41.9 Å². The Bertz CT molecular complexity index is 2030. The number of phosphoric ester groups is 1. The standard InChI is InChI=1S/C27H37ClFN6O13P3.2C6H15N/c1-15(2)20(26(37)44-16-9-5-3-6-10-16)34-49(38,46-17-11-7-4-8-12-17)47-51(41,42)48-50(39,40)43-13-18-22(36)19(29)25(45-18)35-14-31-21-23(30)32-27(28)33-24(21)35;2*1-4-7(5-2)6-3/h4,7-8,11-12,14-16,18-20,22,25,36H,3,5-6,9-10,13H2,1-2H3,(H,34,38)(H,39,40)(H,41,42)(H2,30,32,33);2*4-6H2,1-3H3/t18-,19+,20+,22-,25-,49?;;/m1../s1. The Kier molecular flexibility index (Phi) is 23.3. The minimum Gasteiger partial charge on any atom is -0.461 e. The van der Waals surface area contributed by atoms with Crippen LogP contribution in [-0.4, -0.2) is 127 Å². The second-order valence-corrected chi connectivity index (χ2v) is 20.5. The van der Waals surface area contributed by atoms with Crippen molar-refractivity contribution in [2.75, 3.05) is 51.6 Å². The molecule has 2 aliphatic rings. The van der Waals surface area contributed by atoms with E-state index in [1.807, 2.05) is 0 Å². The number of carbonyl (C=O) groups is 1. The highest BCUT2D eigenvalue weighted by Crippen LogP contribution is 2.68. The minimum atomic E-state index is -5.87. The number of para-hydroxylation sites is 1. The Hall–Kier alpha value is -2.65. The van der Waals surface area contributed by atoms with Gasteiger partial charge < -0.3 is 44.4 Å². The van der Waals surface area contributed by atoms with Gasteiger partial charge in [0.15, 0.2) is 23.9 Å². The summed E-state index contributed by atoms with van der Waals surface area (Å²) < 4.78 is 86.6. The van der Waals surface area contributed by atoms with E-state index < -0.39 is 72.5 Å². The van der Waals surface area contributed by atoms with E-state index in [4.69, 9.17) is 40.2 Å². The first kappa shape index (κ1) is 56.7. The number of alkyl halides is 1. The average molecular weight is 1000 g/mol. The van der Waals surface area contributed by atoms with Gasteiger partial charge in [0.1, 0.15) is 35.6 Å². The van der Waals surface area contributed by atoms with Crippen LogP contribution in [0.25, 0.3) is 11.2 Å². The summed E-state index contributed by atoms with van der Waals surface area (Å²) in [5.74, 6) is -1.69. The predicted octanol–water partition coefficient (Wildman–Crippen LogP) is 7.28.